The van der Waals surface area contributed by atoms with Crippen LogP contribution in [0.5, 0.6) is 5.75 Å². The number of hydrogen-bond acceptors (Lipinski definition) is 3. The Kier molecular flexibility index (Phi) is 5.82. The molecule has 0 saturated heterocycles. The van der Waals surface area contributed by atoms with Gasteiger partial charge in [-0.2, -0.15) is 0 Å². The average Bonchev–Trinajstić information content (AvgIpc) is 2.35. The van der Waals surface area contributed by atoms with Gasteiger partial charge in [-0.3, -0.25) is 9.59 Å². The van der Waals surface area contributed by atoms with E-state index in [2.05, 4.69) is 0 Å². The van der Waals surface area contributed by atoms with Crippen LogP contribution in [0.25, 0.3) is 0 Å². The number of carbonyl (C=O) groups excluding carboxylic acids is 1. The summed E-state index contributed by atoms with van der Waals surface area (Å²) in [5.74, 6) is -0.931. The Morgan fingerprint density at radius 2 is 2.05 bits per heavy atom. The SMILES string of the molecule is COc1cc(Cl)ccc1C(=O)N(CC(=O)O)CC(C)C. The third-order valence-corrected chi connectivity index (χ3v) is 2.83. The average molecular weight is 300 g/mol. The molecule has 0 atom stereocenters. The van der Waals surface area contributed by atoms with Gasteiger partial charge in [0.15, 0.2) is 0 Å². The molecule has 0 aliphatic rings. The van der Waals surface area contributed by atoms with Gasteiger partial charge in [-0.05, 0) is 24.1 Å². The first-order valence-electron chi connectivity index (χ1n) is 6.19. The first-order chi connectivity index (χ1) is 9.35. The molecule has 1 rings (SSSR count). The van der Waals surface area contributed by atoms with E-state index in [0.29, 0.717) is 22.9 Å². The zero-order chi connectivity index (χ0) is 15.3. The summed E-state index contributed by atoms with van der Waals surface area (Å²) in [5.41, 5.74) is 0.304. The van der Waals surface area contributed by atoms with Crippen molar-refractivity contribution in [3.05, 3.63) is 28.8 Å². The van der Waals surface area contributed by atoms with Crippen molar-refractivity contribution < 1.29 is 19.4 Å². The minimum Gasteiger partial charge on any atom is -0.496 e. The molecule has 1 amide bonds. The molecule has 0 aromatic heterocycles. The summed E-state index contributed by atoms with van der Waals surface area (Å²) < 4.78 is 5.13. The zero-order valence-electron chi connectivity index (χ0n) is 11.7. The van der Waals surface area contributed by atoms with Gasteiger partial charge in [-0.25, -0.2) is 0 Å². The summed E-state index contributed by atoms with van der Waals surface area (Å²) in [4.78, 5) is 24.6. The van der Waals surface area contributed by atoms with E-state index in [1.165, 1.54) is 18.1 Å². The Morgan fingerprint density at radius 3 is 2.55 bits per heavy atom. The summed E-state index contributed by atoms with van der Waals surface area (Å²) in [7, 11) is 1.44. The van der Waals surface area contributed by atoms with Crippen molar-refractivity contribution in [1.82, 2.24) is 4.90 Å². The fourth-order valence-corrected chi connectivity index (χ4v) is 2.00. The molecular weight excluding hydrogens is 282 g/mol. The van der Waals surface area contributed by atoms with Crippen LogP contribution in [0.3, 0.4) is 0 Å². The molecule has 0 heterocycles. The highest BCUT2D eigenvalue weighted by atomic mass is 35.5. The van der Waals surface area contributed by atoms with Gasteiger partial charge in [0.05, 0.1) is 12.7 Å². The topological polar surface area (TPSA) is 66.8 Å². The van der Waals surface area contributed by atoms with E-state index in [-0.39, 0.29) is 18.4 Å². The Labute approximate surface area is 123 Å². The largest absolute Gasteiger partial charge is 0.496 e. The van der Waals surface area contributed by atoms with E-state index in [0.717, 1.165) is 0 Å². The van der Waals surface area contributed by atoms with Crippen LogP contribution in [-0.4, -0.2) is 42.1 Å². The molecular formula is C14H18ClNO4. The van der Waals surface area contributed by atoms with E-state index in [4.69, 9.17) is 21.4 Å². The van der Waals surface area contributed by atoms with E-state index in [1.807, 2.05) is 13.8 Å². The molecule has 0 radical (unpaired) electrons. The normalized spacial score (nSPS) is 10.4. The lowest BCUT2D eigenvalue weighted by Gasteiger charge is -2.23. The van der Waals surface area contributed by atoms with Gasteiger partial charge >= 0.3 is 5.97 Å². The van der Waals surface area contributed by atoms with Crippen molar-refractivity contribution >= 4 is 23.5 Å². The van der Waals surface area contributed by atoms with Crippen LogP contribution in [0.2, 0.25) is 5.02 Å². The van der Waals surface area contributed by atoms with Gasteiger partial charge in [0.25, 0.3) is 5.91 Å². The second kappa shape index (κ2) is 7.14. The van der Waals surface area contributed by atoms with E-state index < -0.39 is 5.97 Å². The van der Waals surface area contributed by atoms with Crippen LogP contribution in [0.15, 0.2) is 18.2 Å². The lowest BCUT2D eigenvalue weighted by atomic mass is 10.1. The van der Waals surface area contributed by atoms with Gasteiger partial charge in [0, 0.05) is 11.6 Å². The van der Waals surface area contributed by atoms with Crippen LogP contribution in [0, 0.1) is 5.92 Å². The number of halogens is 1. The van der Waals surface area contributed by atoms with Crippen molar-refractivity contribution in [1.29, 1.82) is 0 Å². The Hall–Kier alpha value is -1.75. The molecule has 6 heteroatoms. The second-order valence-corrected chi connectivity index (χ2v) is 5.25. The molecule has 5 nitrogen and oxygen atoms in total. The molecule has 0 spiro atoms. The molecule has 0 aliphatic heterocycles. The fraction of sp³-hybridized carbons (Fsp3) is 0.429. The van der Waals surface area contributed by atoms with Crippen LogP contribution >= 0.6 is 11.6 Å². The molecule has 1 aromatic rings. The summed E-state index contributed by atoms with van der Waals surface area (Å²) >= 11 is 5.85. The van der Waals surface area contributed by atoms with Crippen molar-refractivity contribution in [2.24, 2.45) is 5.92 Å². The van der Waals surface area contributed by atoms with Crippen molar-refractivity contribution in [3.8, 4) is 5.75 Å². The number of methoxy groups -OCH3 is 1. The molecule has 1 N–H and O–H groups in total. The molecule has 0 bridgehead atoms. The Morgan fingerprint density at radius 1 is 1.40 bits per heavy atom. The minimum atomic E-state index is -1.05. The highest BCUT2D eigenvalue weighted by Crippen LogP contribution is 2.24. The molecule has 1 aromatic carbocycles. The fourth-order valence-electron chi connectivity index (χ4n) is 1.84. The summed E-state index contributed by atoms with van der Waals surface area (Å²) in [6, 6.07) is 4.65. The third-order valence-electron chi connectivity index (χ3n) is 2.59. The number of rotatable bonds is 6. The van der Waals surface area contributed by atoms with Crippen LogP contribution in [0.1, 0.15) is 24.2 Å². The minimum absolute atomic E-state index is 0.164. The van der Waals surface area contributed by atoms with Crippen LogP contribution in [0.4, 0.5) is 0 Å². The summed E-state index contributed by atoms with van der Waals surface area (Å²) in [6.07, 6.45) is 0. The van der Waals surface area contributed by atoms with E-state index in [1.54, 1.807) is 12.1 Å². The molecule has 0 fully saturated rings. The Balaban J connectivity index is 3.07. The molecule has 0 saturated carbocycles. The molecule has 20 heavy (non-hydrogen) atoms. The first-order valence-corrected chi connectivity index (χ1v) is 6.57. The number of carbonyl (C=O) groups is 2. The maximum atomic E-state index is 12.4. The number of aliphatic carboxylic acids is 1. The predicted molar refractivity (Wildman–Crippen MR) is 76.4 cm³/mol. The summed E-state index contributed by atoms with van der Waals surface area (Å²) in [6.45, 7) is 3.85. The van der Waals surface area contributed by atoms with Crippen LogP contribution in [-0.2, 0) is 4.79 Å². The third kappa shape index (κ3) is 4.42. The monoisotopic (exact) mass is 299 g/mol. The van der Waals surface area contributed by atoms with Gasteiger partial charge < -0.3 is 14.7 Å². The number of ether oxygens (including phenoxy) is 1. The van der Waals surface area contributed by atoms with Gasteiger partial charge in [0.2, 0.25) is 0 Å². The molecule has 110 valence electrons. The second-order valence-electron chi connectivity index (χ2n) is 4.82. The first kappa shape index (κ1) is 16.3. The standard InChI is InChI=1S/C14H18ClNO4/c1-9(2)7-16(8-13(17)18)14(19)11-5-4-10(15)6-12(11)20-3/h4-6,9H,7-8H2,1-3H3,(H,17,18). The number of amides is 1. The van der Waals surface area contributed by atoms with Gasteiger partial charge in [0.1, 0.15) is 12.3 Å². The van der Waals surface area contributed by atoms with Crippen LogP contribution < -0.4 is 4.74 Å². The van der Waals surface area contributed by atoms with Crippen molar-refractivity contribution in [3.63, 3.8) is 0 Å². The number of hydrogen-bond donors (Lipinski definition) is 1. The smallest absolute Gasteiger partial charge is 0.323 e. The lowest BCUT2D eigenvalue weighted by molar-refractivity contribution is -0.137. The van der Waals surface area contributed by atoms with Crippen molar-refractivity contribution in [2.45, 2.75) is 13.8 Å². The predicted octanol–water partition coefficient (Wildman–Crippen LogP) is 2.53. The molecule has 0 unspecified atom stereocenters. The quantitative estimate of drug-likeness (QED) is 0.876. The van der Waals surface area contributed by atoms with Gasteiger partial charge in [-0.1, -0.05) is 25.4 Å². The highest BCUT2D eigenvalue weighted by molar-refractivity contribution is 6.30. The maximum Gasteiger partial charge on any atom is 0.323 e. The number of carboxylic acid groups (broad SMARTS) is 1. The number of carboxylic acids is 1. The lowest BCUT2D eigenvalue weighted by Crippen LogP contribution is -2.38. The molecule has 0 aliphatic carbocycles. The van der Waals surface area contributed by atoms with Gasteiger partial charge in [-0.15, -0.1) is 0 Å². The zero-order valence-corrected chi connectivity index (χ0v) is 12.5. The number of benzene rings is 1. The van der Waals surface area contributed by atoms with E-state index >= 15 is 0 Å². The highest BCUT2D eigenvalue weighted by Gasteiger charge is 2.22. The summed E-state index contributed by atoms with van der Waals surface area (Å²) in [5, 5.41) is 9.37. The maximum absolute atomic E-state index is 12.4. The number of nitrogens with zero attached hydrogens (tertiary/aromatic N) is 1. The Bertz CT molecular complexity index is 502. The van der Waals surface area contributed by atoms with Crippen molar-refractivity contribution in [2.75, 3.05) is 20.2 Å². The van der Waals surface area contributed by atoms with E-state index in [9.17, 15) is 9.59 Å².